The van der Waals surface area contributed by atoms with Gasteiger partial charge in [0.1, 0.15) is 12.6 Å². The van der Waals surface area contributed by atoms with E-state index in [-0.39, 0.29) is 18.2 Å². The highest BCUT2D eigenvalue weighted by Gasteiger charge is 2.39. The summed E-state index contributed by atoms with van der Waals surface area (Å²) < 4.78 is 5.60. The largest absolute Gasteiger partial charge is 0.369 e. The SMILES string of the molecule is [N-]=[N+]=NCCCCCCCCOCC#Cc1cccc2c1CN(C1CCC(=O)NC1=O)C2=O. The Labute approximate surface area is 193 Å². The number of ether oxygens (including phenoxy) is 1. The summed E-state index contributed by atoms with van der Waals surface area (Å²) in [6.07, 6.45) is 6.95. The zero-order valence-electron chi connectivity index (χ0n) is 18.7. The Morgan fingerprint density at radius 3 is 2.73 bits per heavy atom. The normalized spacial score (nSPS) is 17.2. The molecule has 2 aliphatic rings. The molecule has 0 radical (unpaired) electrons. The van der Waals surface area contributed by atoms with Gasteiger partial charge in [0.2, 0.25) is 11.8 Å². The second-order valence-corrected chi connectivity index (χ2v) is 8.16. The van der Waals surface area contributed by atoms with E-state index in [4.69, 9.17) is 10.3 Å². The van der Waals surface area contributed by atoms with Gasteiger partial charge in [-0.1, -0.05) is 48.7 Å². The lowest BCUT2D eigenvalue weighted by atomic mass is 10.0. The van der Waals surface area contributed by atoms with Crippen molar-refractivity contribution < 1.29 is 19.1 Å². The standard InChI is InChI=1S/C24H29N5O4/c25-28-26-14-5-3-1-2-4-6-15-33-16-8-10-18-9-7-11-19-20(18)17-29(24(19)32)21-12-13-22(30)27-23(21)31/h7,9,11,21H,1-6,12-17H2,(H,27,30,31). The summed E-state index contributed by atoms with van der Waals surface area (Å²) in [5, 5.41) is 5.84. The van der Waals surface area contributed by atoms with Gasteiger partial charge < -0.3 is 9.64 Å². The molecule has 33 heavy (non-hydrogen) atoms. The van der Waals surface area contributed by atoms with Gasteiger partial charge in [-0.2, -0.15) is 0 Å². The van der Waals surface area contributed by atoms with Crippen molar-refractivity contribution in [2.24, 2.45) is 5.11 Å². The third-order valence-electron chi connectivity index (χ3n) is 5.84. The first-order valence-corrected chi connectivity index (χ1v) is 11.5. The highest BCUT2D eigenvalue weighted by molar-refractivity contribution is 6.05. The van der Waals surface area contributed by atoms with Gasteiger partial charge >= 0.3 is 0 Å². The van der Waals surface area contributed by atoms with Gasteiger partial charge in [0, 0.05) is 42.2 Å². The zero-order chi connectivity index (χ0) is 23.5. The van der Waals surface area contributed by atoms with Gasteiger partial charge in [0.05, 0.1) is 0 Å². The predicted octanol–water partition coefficient (Wildman–Crippen LogP) is 3.47. The molecule has 0 bridgehead atoms. The van der Waals surface area contributed by atoms with Crippen LogP contribution in [0.15, 0.2) is 23.3 Å². The minimum atomic E-state index is -0.627. The Hall–Kier alpha value is -3.34. The number of piperidine rings is 1. The quantitative estimate of drug-likeness (QED) is 0.138. The third kappa shape index (κ3) is 6.82. The molecule has 0 spiro atoms. The van der Waals surface area contributed by atoms with Crippen molar-refractivity contribution in [1.29, 1.82) is 0 Å². The number of benzene rings is 1. The van der Waals surface area contributed by atoms with Crippen molar-refractivity contribution in [3.8, 4) is 11.8 Å². The number of hydrogen-bond donors (Lipinski definition) is 1. The van der Waals surface area contributed by atoms with E-state index < -0.39 is 11.9 Å². The summed E-state index contributed by atoms with van der Waals surface area (Å²) in [5.74, 6) is 5.21. The first-order valence-electron chi connectivity index (χ1n) is 11.5. The lowest BCUT2D eigenvalue weighted by Crippen LogP contribution is -2.52. The molecule has 1 atom stereocenters. The highest BCUT2D eigenvalue weighted by atomic mass is 16.5. The lowest BCUT2D eigenvalue weighted by molar-refractivity contribution is -0.136. The third-order valence-corrected chi connectivity index (χ3v) is 5.84. The molecule has 174 valence electrons. The maximum Gasteiger partial charge on any atom is 0.255 e. The summed E-state index contributed by atoms with van der Waals surface area (Å²) in [7, 11) is 0. The smallest absolute Gasteiger partial charge is 0.255 e. The van der Waals surface area contributed by atoms with E-state index in [9.17, 15) is 14.4 Å². The molecule has 1 unspecified atom stereocenters. The van der Waals surface area contributed by atoms with Crippen LogP contribution in [0.5, 0.6) is 0 Å². The number of imide groups is 1. The van der Waals surface area contributed by atoms with Crippen LogP contribution in [0.25, 0.3) is 10.4 Å². The first kappa shape index (κ1) is 24.3. The topological polar surface area (TPSA) is 124 Å². The number of nitrogens with one attached hydrogen (secondary N) is 1. The maximum atomic E-state index is 12.8. The molecule has 1 saturated heterocycles. The van der Waals surface area contributed by atoms with Crippen LogP contribution in [0, 0.1) is 11.8 Å². The van der Waals surface area contributed by atoms with Gasteiger partial charge in [0.25, 0.3) is 5.91 Å². The maximum absolute atomic E-state index is 12.8. The van der Waals surface area contributed by atoms with Crippen LogP contribution in [0.2, 0.25) is 0 Å². The molecule has 0 saturated carbocycles. The summed E-state index contributed by atoms with van der Waals surface area (Å²) in [4.78, 5) is 40.7. The van der Waals surface area contributed by atoms with Gasteiger partial charge in [-0.15, -0.1) is 0 Å². The number of hydrogen-bond acceptors (Lipinski definition) is 5. The van der Waals surface area contributed by atoms with Crippen LogP contribution in [-0.2, 0) is 20.9 Å². The Kier molecular flexibility index (Phi) is 9.31. The number of azide groups is 1. The number of fused-ring (bicyclic) bond motifs is 1. The number of nitrogens with zero attached hydrogens (tertiary/aromatic N) is 4. The van der Waals surface area contributed by atoms with E-state index in [0.717, 1.165) is 49.7 Å². The molecule has 0 aliphatic carbocycles. The van der Waals surface area contributed by atoms with Crippen molar-refractivity contribution in [1.82, 2.24) is 10.2 Å². The summed E-state index contributed by atoms with van der Waals surface area (Å²) in [6.45, 7) is 1.86. The van der Waals surface area contributed by atoms with Crippen molar-refractivity contribution in [2.45, 2.75) is 64.0 Å². The van der Waals surface area contributed by atoms with Crippen molar-refractivity contribution in [3.05, 3.63) is 45.3 Å². The number of amides is 3. The first-order chi connectivity index (χ1) is 16.1. The van der Waals surface area contributed by atoms with Gasteiger partial charge in [-0.05, 0) is 42.5 Å². The Morgan fingerprint density at radius 2 is 1.94 bits per heavy atom. The van der Waals surface area contributed by atoms with E-state index in [1.165, 1.54) is 4.90 Å². The van der Waals surface area contributed by atoms with Crippen LogP contribution in [0.4, 0.5) is 0 Å². The van der Waals surface area contributed by atoms with E-state index in [1.54, 1.807) is 12.1 Å². The fourth-order valence-electron chi connectivity index (χ4n) is 4.10. The molecular formula is C24H29N5O4. The van der Waals surface area contributed by atoms with Crippen molar-refractivity contribution in [3.63, 3.8) is 0 Å². The second-order valence-electron chi connectivity index (χ2n) is 8.16. The number of carbonyl (C=O) groups excluding carboxylic acids is 3. The molecule has 0 aromatic heterocycles. The number of unbranched alkanes of at least 4 members (excludes halogenated alkanes) is 5. The summed E-state index contributed by atoms with van der Waals surface area (Å²) in [6, 6.07) is 4.79. The molecule has 1 N–H and O–H groups in total. The Bertz CT molecular complexity index is 990. The lowest BCUT2D eigenvalue weighted by Gasteiger charge is -2.29. The fourth-order valence-corrected chi connectivity index (χ4v) is 4.10. The zero-order valence-corrected chi connectivity index (χ0v) is 18.7. The molecule has 3 amide bonds. The summed E-state index contributed by atoms with van der Waals surface area (Å²) >= 11 is 0. The van der Waals surface area contributed by atoms with Crippen LogP contribution >= 0.6 is 0 Å². The minimum absolute atomic E-state index is 0.197. The molecule has 1 aromatic rings. The average Bonchev–Trinajstić information content (AvgIpc) is 3.14. The van der Waals surface area contributed by atoms with Crippen LogP contribution in [0.3, 0.4) is 0 Å². The molecule has 1 fully saturated rings. The monoisotopic (exact) mass is 451 g/mol. The van der Waals surface area contributed by atoms with Crippen LogP contribution in [-0.4, -0.2) is 48.4 Å². The van der Waals surface area contributed by atoms with Crippen LogP contribution < -0.4 is 5.32 Å². The number of rotatable bonds is 11. The average molecular weight is 452 g/mol. The van der Waals surface area contributed by atoms with Crippen molar-refractivity contribution in [2.75, 3.05) is 19.8 Å². The van der Waals surface area contributed by atoms with E-state index in [1.807, 2.05) is 6.07 Å². The van der Waals surface area contributed by atoms with Gasteiger partial charge in [-0.3, -0.25) is 19.7 Å². The number of carbonyl (C=O) groups is 3. The molecular weight excluding hydrogens is 422 g/mol. The van der Waals surface area contributed by atoms with Gasteiger partial charge in [-0.25, -0.2) is 0 Å². The van der Waals surface area contributed by atoms with Crippen LogP contribution in [0.1, 0.15) is 72.9 Å². The van der Waals surface area contributed by atoms with Gasteiger partial charge in [0.15, 0.2) is 0 Å². The minimum Gasteiger partial charge on any atom is -0.369 e. The molecule has 3 rings (SSSR count). The van der Waals surface area contributed by atoms with Crippen molar-refractivity contribution >= 4 is 17.7 Å². The Balaban J connectivity index is 1.41. The van der Waals surface area contributed by atoms with E-state index in [2.05, 4.69) is 27.2 Å². The van der Waals surface area contributed by atoms with E-state index >= 15 is 0 Å². The predicted molar refractivity (Wildman–Crippen MR) is 122 cm³/mol. The molecule has 9 heteroatoms. The van der Waals surface area contributed by atoms with E-state index in [0.29, 0.717) is 38.3 Å². The fraction of sp³-hybridized carbons (Fsp3) is 0.542. The molecule has 1 aromatic carbocycles. The molecule has 2 aliphatic heterocycles. The molecule has 2 heterocycles. The second kappa shape index (κ2) is 12.6. The summed E-state index contributed by atoms with van der Waals surface area (Å²) in [5.41, 5.74) is 10.4. The molecule has 9 nitrogen and oxygen atoms in total. The Morgan fingerprint density at radius 1 is 1.15 bits per heavy atom. The highest BCUT2D eigenvalue weighted by Crippen LogP contribution is 2.29.